The summed E-state index contributed by atoms with van der Waals surface area (Å²) in [5.74, 6) is -0.0308. The number of hydrogen-bond donors (Lipinski definition) is 4. The number of H-pyrrole nitrogens is 1. The molecule has 214 valence electrons. The Morgan fingerprint density at radius 3 is 2.62 bits per heavy atom. The van der Waals surface area contributed by atoms with Crippen molar-refractivity contribution in [2.24, 2.45) is 11.8 Å². The number of imidazole rings is 1. The van der Waals surface area contributed by atoms with Gasteiger partial charge < -0.3 is 19.7 Å². The van der Waals surface area contributed by atoms with E-state index >= 15 is 4.39 Å². The number of carbonyl (C=O) groups is 2. The standard InChI is InChI=1S/C29H37FN6O4/c1-6-22-21(15-40-35-22)28(37)34-25(18-9-7-16(2)8-10-18)27-32-23-12-11-19(24(30)26(23)33-27)17(3)20(13-14-31-39)29(38)36(4)5/h11-16,18,25,31,39H,6-10H2,1-5H3,(H,32,33)(H,34,37)/b14-13-,20-17-/t16?,18?,25-/m0/s1. The summed E-state index contributed by atoms with van der Waals surface area (Å²) < 4.78 is 21.0. The molecule has 2 heterocycles. The van der Waals surface area contributed by atoms with E-state index in [0.717, 1.165) is 25.7 Å². The van der Waals surface area contributed by atoms with Gasteiger partial charge in [-0.25, -0.2) is 9.37 Å². The molecule has 0 bridgehead atoms. The number of nitrogens with one attached hydrogen (secondary N) is 3. The minimum Gasteiger partial charge on any atom is -0.364 e. The van der Waals surface area contributed by atoms with Crippen LogP contribution < -0.4 is 10.8 Å². The van der Waals surface area contributed by atoms with Gasteiger partial charge in [-0.15, -0.1) is 0 Å². The number of hydroxylamine groups is 1. The van der Waals surface area contributed by atoms with E-state index in [1.54, 1.807) is 33.2 Å². The molecule has 4 N–H and O–H groups in total. The number of aromatic amines is 1. The number of rotatable bonds is 9. The highest BCUT2D eigenvalue weighted by molar-refractivity contribution is 6.03. The van der Waals surface area contributed by atoms with E-state index in [1.807, 2.05) is 12.4 Å². The van der Waals surface area contributed by atoms with E-state index in [-0.39, 0.29) is 34.4 Å². The molecule has 0 spiro atoms. The first kappa shape index (κ1) is 29.0. The fraction of sp³-hybridized carbons (Fsp3) is 0.448. The number of carbonyl (C=O) groups excluding carboxylic acids is 2. The van der Waals surface area contributed by atoms with Crippen LogP contribution >= 0.6 is 0 Å². The molecule has 4 rings (SSSR count). The Labute approximate surface area is 232 Å². The van der Waals surface area contributed by atoms with Gasteiger partial charge in [0.05, 0.1) is 17.3 Å². The van der Waals surface area contributed by atoms with Crippen LogP contribution in [0.15, 0.2) is 40.8 Å². The number of amides is 2. The van der Waals surface area contributed by atoms with Crippen molar-refractivity contribution in [3.05, 3.63) is 64.7 Å². The molecule has 0 unspecified atom stereocenters. The van der Waals surface area contributed by atoms with E-state index in [1.165, 1.54) is 23.4 Å². The highest BCUT2D eigenvalue weighted by Crippen LogP contribution is 2.37. The lowest BCUT2D eigenvalue weighted by Crippen LogP contribution is -2.36. The summed E-state index contributed by atoms with van der Waals surface area (Å²) in [6.07, 6.45) is 8.37. The summed E-state index contributed by atoms with van der Waals surface area (Å²) in [6, 6.07) is 2.85. The van der Waals surface area contributed by atoms with E-state index in [2.05, 4.69) is 27.4 Å². The maximum absolute atomic E-state index is 16.0. The SMILES string of the molecule is CCc1nocc1C(=O)N[C@H](c1nc2c(F)c(/C(C)=C(/C=C\NO)C(=O)N(C)C)ccc2[nH]1)C1CCC(C)CC1. The Morgan fingerprint density at radius 2 is 1.98 bits per heavy atom. The minimum atomic E-state index is -0.582. The molecule has 1 aliphatic rings. The number of aryl methyl sites for hydroxylation is 1. The summed E-state index contributed by atoms with van der Waals surface area (Å²) in [5.41, 5.74) is 4.25. The fourth-order valence-corrected chi connectivity index (χ4v) is 5.31. The maximum atomic E-state index is 16.0. The smallest absolute Gasteiger partial charge is 0.257 e. The lowest BCUT2D eigenvalue weighted by atomic mass is 9.79. The van der Waals surface area contributed by atoms with Crippen LogP contribution in [-0.4, -0.2) is 51.1 Å². The molecule has 1 fully saturated rings. The predicted molar refractivity (Wildman–Crippen MR) is 149 cm³/mol. The number of fused-ring (bicyclic) bond motifs is 1. The van der Waals surface area contributed by atoms with Gasteiger partial charge in [0.2, 0.25) is 0 Å². The van der Waals surface area contributed by atoms with Crippen LogP contribution in [0, 0.1) is 17.7 Å². The van der Waals surface area contributed by atoms with E-state index in [9.17, 15) is 9.59 Å². The third kappa shape index (κ3) is 5.94. The van der Waals surface area contributed by atoms with Gasteiger partial charge in [0.1, 0.15) is 23.2 Å². The zero-order valence-electron chi connectivity index (χ0n) is 23.5. The van der Waals surface area contributed by atoms with Crippen molar-refractivity contribution >= 4 is 28.4 Å². The average molecular weight is 553 g/mol. The van der Waals surface area contributed by atoms with E-state index in [4.69, 9.17) is 9.73 Å². The van der Waals surface area contributed by atoms with Crippen LogP contribution in [0.25, 0.3) is 16.6 Å². The largest absolute Gasteiger partial charge is 0.364 e. The summed E-state index contributed by atoms with van der Waals surface area (Å²) in [5, 5.41) is 16.1. The van der Waals surface area contributed by atoms with Crippen molar-refractivity contribution in [3.8, 4) is 0 Å². The topological polar surface area (TPSA) is 136 Å². The molecule has 1 aliphatic carbocycles. The maximum Gasteiger partial charge on any atom is 0.257 e. The molecule has 1 aromatic carbocycles. The Bertz CT molecular complexity index is 1430. The molecule has 0 saturated heterocycles. The molecular weight excluding hydrogens is 515 g/mol. The van der Waals surface area contributed by atoms with Crippen LogP contribution in [-0.2, 0) is 11.2 Å². The van der Waals surface area contributed by atoms with Crippen LogP contribution in [0.5, 0.6) is 0 Å². The third-order valence-electron chi connectivity index (χ3n) is 7.72. The molecule has 1 saturated carbocycles. The monoisotopic (exact) mass is 552 g/mol. The molecule has 0 radical (unpaired) electrons. The van der Waals surface area contributed by atoms with Gasteiger partial charge in [0.25, 0.3) is 11.8 Å². The van der Waals surface area contributed by atoms with E-state index < -0.39 is 11.9 Å². The predicted octanol–water partition coefficient (Wildman–Crippen LogP) is 4.90. The summed E-state index contributed by atoms with van der Waals surface area (Å²) in [7, 11) is 3.19. The first-order valence-corrected chi connectivity index (χ1v) is 13.6. The molecule has 0 aliphatic heterocycles. The second-order valence-electron chi connectivity index (χ2n) is 10.6. The molecule has 10 nitrogen and oxygen atoms in total. The van der Waals surface area contributed by atoms with E-state index in [0.29, 0.717) is 40.5 Å². The lowest BCUT2D eigenvalue weighted by molar-refractivity contribution is -0.124. The second-order valence-corrected chi connectivity index (χ2v) is 10.6. The van der Waals surface area contributed by atoms with Crippen molar-refractivity contribution in [2.75, 3.05) is 14.1 Å². The summed E-state index contributed by atoms with van der Waals surface area (Å²) >= 11 is 0. The molecule has 11 heteroatoms. The third-order valence-corrected chi connectivity index (χ3v) is 7.72. The Morgan fingerprint density at radius 1 is 1.25 bits per heavy atom. The second kappa shape index (κ2) is 12.5. The van der Waals surface area contributed by atoms with Crippen molar-refractivity contribution in [2.45, 2.75) is 58.9 Å². The summed E-state index contributed by atoms with van der Waals surface area (Å²) in [4.78, 5) is 35.3. The first-order valence-electron chi connectivity index (χ1n) is 13.6. The van der Waals surface area contributed by atoms with Crippen LogP contribution in [0.2, 0.25) is 0 Å². The number of hydrogen-bond acceptors (Lipinski definition) is 7. The van der Waals surface area contributed by atoms with Gasteiger partial charge in [0.15, 0.2) is 5.82 Å². The molecule has 1 atom stereocenters. The van der Waals surface area contributed by atoms with Gasteiger partial charge in [-0.2, -0.15) is 0 Å². The van der Waals surface area contributed by atoms with Crippen LogP contribution in [0.4, 0.5) is 4.39 Å². The normalized spacial score (nSPS) is 19.0. The zero-order chi connectivity index (χ0) is 29.0. The molecule has 2 amide bonds. The molecular formula is C29H37FN6O4. The average Bonchev–Trinajstić information content (AvgIpc) is 3.60. The molecule has 40 heavy (non-hydrogen) atoms. The van der Waals surface area contributed by atoms with Crippen LogP contribution in [0.1, 0.15) is 79.9 Å². The van der Waals surface area contributed by atoms with Crippen LogP contribution in [0.3, 0.4) is 0 Å². The minimum absolute atomic E-state index is 0.121. The molecule has 2 aromatic heterocycles. The molecule has 3 aromatic rings. The highest BCUT2D eigenvalue weighted by atomic mass is 19.1. The number of nitrogens with zero attached hydrogens (tertiary/aromatic N) is 3. The number of halogens is 1. The fourth-order valence-electron chi connectivity index (χ4n) is 5.31. The van der Waals surface area contributed by atoms with Crippen molar-refractivity contribution in [3.63, 3.8) is 0 Å². The Kier molecular flexibility index (Phi) is 9.03. The van der Waals surface area contributed by atoms with Crippen molar-refractivity contribution < 1.29 is 23.7 Å². The Hall–Kier alpha value is -3.99. The number of benzene rings is 1. The van der Waals surface area contributed by atoms with Gasteiger partial charge in [-0.05, 0) is 61.8 Å². The highest BCUT2D eigenvalue weighted by Gasteiger charge is 2.32. The number of likely N-dealkylation sites (N-methyl/N-ethyl adjacent to an activating group) is 1. The van der Waals surface area contributed by atoms with Gasteiger partial charge in [-0.1, -0.05) is 31.8 Å². The van der Waals surface area contributed by atoms with Gasteiger partial charge in [-0.3, -0.25) is 20.3 Å². The zero-order valence-corrected chi connectivity index (χ0v) is 23.5. The van der Waals surface area contributed by atoms with Crippen molar-refractivity contribution in [1.29, 1.82) is 0 Å². The van der Waals surface area contributed by atoms with Gasteiger partial charge >= 0.3 is 0 Å². The lowest BCUT2D eigenvalue weighted by Gasteiger charge is -2.32. The number of allylic oxidation sites excluding steroid dienone is 1. The number of aromatic nitrogens is 3. The Balaban J connectivity index is 1.76. The van der Waals surface area contributed by atoms with Crippen molar-refractivity contribution in [1.82, 2.24) is 30.8 Å². The first-order chi connectivity index (χ1) is 19.2. The summed E-state index contributed by atoms with van der Waals surface area (Å²) in [6.45, 7) is 5.77. The van der Waals surface area contributed by atoms with Gasteiger partial charge in [0, 0.05) is 31.4 Å². The quantitative estimate of drug-likeness (QED) is 0.168.